The number of fused-ring (bicyclic) bond motifs is 1. The molecule has 0 bridgehead atoms. The van der Waals surface area contributed by atoms with E-state index in [4.69, 9.17) is 8.17 Å². The Morgan fingerprint density at radius 2 is 1.93 bits per heavy atom. The molecule has 0 aliphatic carbocycles. The van der Waals surface area contributed by atoms with Gasteiger partial charge in [-0.05, 0) is 16.8 Å². The van der Waals surface area contributed by atoms with Crippen molar-refractivity contribution in [1.29, 1.82) is 0 Å². The zero-order chi connectivity index (χ0) is 10.8. The van der Waals surface area contributed by atoms with E-state index in [2.05, 4.69) is 0 Å². The SMILES string of the molecule is O=C(O)c1c(OI)ccc2ccccc12. The summed E-state index contributed by atoms with van der Waals surface area (Å²) in [5.41, 5.74) is 0.211. The summed E-state index contributed by atoms with van der Waals surface area (Å²) in [6.45, 7) is 0. The third-order valence-corrected chi connectivity index (χ3v) is 2.66. The predicted octanol–water partition coefficient (Wildman–Crippen LogP) is 3.27. The van der Waals surface area contributed by atoms with E-state index in [1.165, 1.54) is 0 Å². The van der Waals surface area contributed by atoms with Crippen LogP contribution in [0.25, 0.3) is 10.8 Å². The molecule has 0 aliphatic heterocycles. The zero-order valence-corrected chi connectivity index (χ0v) is 9.76. The van der Waals surface area contributed by atoms with Gasteiger partial charge in [0.25, 0.3) is 0 Å². The molecule has 0 saturated heterocycles. The average Bonchev–Trinajstić information content (AvgIpc) is 2.27. The second-order valence-corrected chi connectivity index (χ2v) is 3.48. The van der Waals surface area contributed by atoms with Gasteiger partial charge in [0.15, 0.2) is 23.0 Å². The Hall–Kier alpha value is -1.30. The molecular formula is C11H7IO3. The van der Waals surface area contributed by atoms with Crippen LogP contribution in [0.3, 0.4) is 0 Å². The number of hydrogen-bond acceptors (Lipinski definition) is 2. The summed E-state index contributed by atoms with van der Waals surface area (Å²) in [4.78, 5) is 11.1. The lowest BCUT2D eigenvalue weighted by molar-refractivity contribution is 0.0697. The van der Waals surface area contributed by atoms with Gasteiger partial charge in [-0.3, -0.25) is 0 Å². The van der Waals surface area contributed by atoms with Gasteiger partial charge in [0.05, 0.1) is 0 Å². The normalized spacial score (nSPS) is 10.2. The third kappa shape index (κ3) is 1.77. The molecule has 0 saturated carbocycles. The largest absolute Gasteiger partial charge is 0.478 e. The molecule has 0 aliphatic rings. The zero-order valence-electron chi connectivity index (χ0n) is 7.61. The van der Waals surface area contributed by atoms with E-state index in [-0.39, 0.29) is 5.56 Å². The van der Waals surface area contributed by atoms with Crippen LogP contribution in [0, 0.1) is 0 Å². The molecule has 1 N–H and O–H groups in total. The van der Waals surface area contributed by atoms with E-state index in [9.17, 15) is 4.79 Å². The highest BCUT2D eigenvalue weighted by atomic mass is 127. The number of carboxylic acid groups (broad SMARTS) is 1. The van der Waals surface area contributed by atoms with Crippen LogP contribution in [0.4, 0.5) is 0 Å². The van der Waals surface area contributed by atoms with Gasteiger partial charge >= 0.3 is 5.97 Å². The molecular weight excluding hydrogens is 307 g/mol. The summed E-state index contributed by atoms with van der Waals surface area (Å²) >= 11 is 1.68. The third-order valence-electron chi connectivity index (χ3n) is 2.19. The van der Waals surface area contributed by atoms with Gasteiger partial charge in [0.2, 0.25) is 0 Å². The first-order valence-corrected chi connectivity index (χ1v) is 5.15. The van der Waals surface area contributed by atoms with E-state index in [1.807, 2.05) is 24.3 Å². The minimum atomic E-state index is -0.974. The minimum absolute atomic E-state index is 0.211. The van der Waals surface area contributed by atoms with Crippen LogP contribution < -0.4 is 3.07 Å². The molecule has 0 unspecified atom stereocenters. The Bertz CT molecular complexity index is 522. The standard InChI is InChI=1S/C11H7IO3/c12-15-9-6-5-7-3-1-2-4-8(7)10(9)11(13)14/h1-6H,(H,13,14). The Balaban J connectivity index is 2.85. The molecule has 3 nitrogen and oxygen atoms in total. The Kier molecular flexibility index (Phi) is 2.77. The van der Waals surface area contributed by atoms with E-state index < -0.39 is 5.97 Å². The summed E-state index contributed by atoms with van der Waals surface area (Å²) in [5.74, 6) is -0.597. The van der Waals surface area contributed by atoms with Crippen LogP contribution in [0.1, 0.15) is 10.4 Å². The molecule has 4 heteroatoms. The van der Waals surface area contributed by atoms with Crippen molar-refractivity contribution in [3.8, 4) is 5.75 Å². The number of rotatable bonds is 2. The highest BCUT2D eigenvalue weighted by molar-refractivity contribution is 14.1. The van der Waals surface area contributed by atoms with Crippen LogP contribution in [-0.2, 0) is 0 Å². The van der Waals surface area contributed by atoms with Crippen molar-refractivity contribution < 1.29 is 13.0 Å². The van der Waals surface area contributed by atoms with E-state index in [0.29, 0.717) is 11.1 Å². The van der Waals surface area contributed by atoms with Crippen LogP contribution in [0.5, 0.6) is 5.75 Å². The van der Waals surface area contributed by atoms with Gasteiger partial charge < -0.3 is 8.17 Å². The minimum Gasteiger partial charge on any atom is -0.478 e. The maximum atomic E-state index is 11.1. The van der Waals surface area contributed by atoms with Crippen LogP contribution in [0.15, 0.2) is 36.4 Å². The smallest absolute Gasteiger partial charge is 0.340 e. The molecule has 2 rings (SSSR count). The second-order valence-electron chi connectivity index (χ2n) is 3.04. The lowest BCUT2D eigenvalue weighted by atomic mass is 10.0. The summed E-state index contributed by atoms with van der Waals surface area (Å²) in [5, 5.41) is 10.7. The fourth-order valence-corrected chi connectivity index (χ4v) is 1.90. The van der Waals surface area contributed by atoms with Crippen molar-refractivity contribution in [2.45, 2.75) is 0 Å². The number of halogens is 1. The summed E-state index contributed by atoms with van der Waals surface area (Å²) in [7, 11) is 0. The van der Waals surface area contributed by atoms with Gasteiger partial charge in [-0.1, -0.05) is 30.3 Å². The highest BCUT2D eigenvalue weighted by Gasteiger charge is 2.14. The van der Waals surface area contributed by atoms with Gasteiger partial charge in [-0.2, -0.15) is 0 Å². The molecule has 2 aromatic carbocycles. The molecule has 15 heavy (non-hydrogen) atoms. The van der Waals surface area contributed by atoms with Crippen LogP contribution in [-0.4, -0.2) is 11.1 Å². The Morgan fingerprint density at radius 1 is 1.20 bits per heavy atom. The fraction of sp³-hybridized carbons (Fsp3) is 0. The van der Waals surface area contributed by atoms with Crippen LogP contribution >= 0.6 is 23.0 Å². The number of benzene rings is 2. The summed E-state index contributed by atoms with van der Waals surface area (Å²) in [6, 6.07) is 10.8. The quantitative estimate of drug-likeness (QED) is 0.866. The van der Waals surface area contributed by atoms with Crippen molar-refractivity contribution in [3.63, 3.8) is 0 Å². The number of hydrogen-bond donors (Lipinski definition) is 1. The van der Waals surface area contributed by atoms with Crippen molar-refractivity contribution in [1.82, 2.24) is 0 Å². The van der Waals surface area contributed by atoms with Crippen molar-refractivity contribution in [2.24, 2.45) is 0 Å². The second kappa shape index (κ2) is 4.06. The fourth-order valence-electron chi connectivity index (χ4n) is 1.54. The van der Waals surface area contributed by atoms with Crippen molar-refractivity contribution >= 4 is 39.7 Å². The summed E-state index contributed by atoms with van der Waals surface area (Å²) in [6.07, 6.45) is 0. The molecule has 0 radical (unpaired) electrons. The molecule has 0 aromatic heterocycles. The van der Waals surface area contributed by atoms with E-state index in [1.54, 1.807) is 35.1 Å². The first kappa shape index (κ1) is 10.2. The topological polar surface area (TPSA) is 46.5 Å². The molecule has 76 valence electrons. The molecule has 2 aromatic rings. The van der Waals surface area contributed by atoms with Gasteiger partial charge in [-0.15, -0.1) is 0 Å². The number of aromatic carboxylic acids is 1. The lowest BCUT2D eigenvalue weighted by Crippen LogP contribution is -1.99. The van der Waals surface area contributed by atoms with Gasteiger partial charge in [0.1, 0.15) is 11.3 Å². The first-order chi connectivity index (χ1) is 7.24. The molecule has 0 atom stereocenters. The first-order valence-electron chi connectivity index (χ1n) is 4.27. The molecule has 0 amide bonds. The Morgan fingerprint density at radius 3 is 2.60 bits per heavy atom. The molecule has 0 spiro atoms. The highest BCUT2D eigenvalue weighted by Crippen LogP contribution is 2.29. The van der Waals surface area contributed by atoms with Crippen LogP contribution in [0.2, 0.25) is 0 Å². The van der Waals surface area contributed by atoms with E-state index >= 15 is 0 Å². The molecule has 0 fully saturated rings. The number of carbonyl (C=O) groups is 1. The monoisotopic (exact) mass is 314 g/mol. The maximum Gasteiger partial charge on any atom is 0.340 e. The number of carboxylic acids is 1. The predicted molar refractivity (Wildman–Crippen MR) is 65.6 cm³/mol. The van der Waals surface area contributed by atoms with E-state index in [0.717, 1.165) is 5.39 Å². The van der Waals surface area contributed by atoms with Gasteiger partial charge in [0, 0.05) is 0 Å². The maximum absolute atomic E-state index is 11.1. The van der Waals surface area contributed by atoms with Crippen molar-refractivity contribution in [2.75, 3.05) is 0 Å². The van der Waals surface area contributed by atoms with Gasteiger partial charge in [-0.25, -0.2) is 4.79 Å². The lowest BCUT2D eigenvalue weighted by Gasteiger charge is -2.06. The average molecular weight is 314 g/mol. The van der Waals surface area contributed by atoms with Crippen molar-refractivity contribution in [3.05, 3.63) is 42.0 Å². The Labute approximate surface area is 100 Å². The molecule has 0 heterocycles. The summed E-state index contributed by atoms with van der Waals surface area (Å²) < 4.78 is 5.00.